The number of nitrogens with one attached hydrogen (secondary N) is 1. The highest BCUT2D eigenvalue weighted by atomic mass is 32.2. The van der Waals surface area contributed by atoms with E-state index in [1.54, 1.807) is 31.2 Å². The molecule has 0 unspecified atom stereocenters. The summed E-state index contributed by atoms with van der Waals surface area (Å²) in [6, 6.07) is 6.81. The number of amides is 2. The van der Waals surface area contributed by atoms with Crippen molar-refractivity contribution in [3.63, 3.8) is 0 Å². The Balaban J connectivity index is 1.56. The van der Waals surface area contributed by atoms with Gasteiger partial charge >= 0.3 is 5.97 Å². The lowest BCUT2D eigenvalue weighted by atomic mass is 9.82. The first-order chi connectivity index (χ1) is 13.9. The zero-order valence-electron chi connectivity index (χ0n) is 15.8. The summed E-state index contributed by atoms with van der Waals surface area (Å²) in [5.74, 6) is -1.42. The van der Waals surface area contributed by atoms with E-state index < -0.39 is 18.0 Å². The number of carbonyl (C=O) groups is 3. The quantitative estimate of drug-likeness (QED) is 0.614. The van der Waals surface area contributed by atoms with Crippen LogP contribution in [0.5, 0.6) is 0 Å². The van der Waals surface area contributed by atoms with E-state index in [-0.39, 0.29) is 30.0 Å². The van der Waals surface area contributed by atoms with Gasteiger partial charge in [-0.2, -0.15) is 0 Å². The van der Waals surface area contributed by atoms with Crippen molar-refractivity contribution in [1.29, 1.82) is 0 Å². The lowest BCUT2D eigenvalue weighted by molar-refractivity contribution is -0.161. The van der Waals surface area contributed by atoms with Crippen LogP contribution in [0, 0.1) is 5.92 Å². The number of nitrogens with zero attached hydrogens (tertiary/aromatic N) is 2. The summed E-state index contributed by atoms with van der Waals surface area (Å²) in [5, 5.41) is 23.0. The van der Waals surface area contributed by atoms with Crippen LogP contribution in [-0.2, 0) is 20.8 Å². The standard InChI is InChI=1S/C20H21N3O5S/c1-10(24)16-14-9-13(17(19(27)28)23(14)18(16)26)12-4-2-3-11(7-12)8-15(25)22-20-21-5-6-29-20/h2-4,7,10,14,16,24H,5-6,8-9H2,1H3,(H,27,28)(H,21,22,25)/t10-,14-,16-/m1/s1. The monoisotopic (exact) mass is 415 g/mol. The van der Waals surface area contributed by atoms with Gasteiger partial charge in [0.15, 0.2) is 5.17 Å². The third kappa shape index (κ3) is 3.56. The van der Waals surface area contributed by atoms with Gasteiger partial charge in [0.05, 0.1) is 31.0 Å². The molecule has 4 rings (SSSR count). The highest BCUT2D eigenvalue weighted by molar-refractivity contribution is 8.14. The SMILES string of the molecule is C[C@@H](O)[C@H]1C(=O)N2C(C(=O)O)=C(c3cccc(CC(=O)NC4=NCCS4)c3)C[C@H]12. The molecule has 1 aromatic carbocycles. The zero-order chi connectivity index (χ0) is 20.7. The van der Waals surface area contributed by atoms with E-state index in [1.165, 1.54) is 16.7 Å². The fourth-order valence-electron chi connectivity index (χ4n) is 4.16. The minimum atomic E-state index is -1.17. The molecule has 0 aromatic heterocycles. The molecule has 0 aliphatic carbocycles. The van der Waals surface area contributed by atoms with Crippen molar-refractivity contribution >= 4 is 40.3 Å². The Labute approximate surface area is 171 Å². The summed E-state index contributed by atoms with van der Waals surface area (Å²) >= 11 is 1.51. The lowest BCUT2D eigenvalue weighted by Gasteiger charge is -2.44. The van der Waals surface area contributed by atoms with Crippen LogP contribution in [0.25, 0.3) is 5.57 Å². The summed E-state index contributed by atoms with van der Waals surface area (Å²) < 4.78 is 0. The number of carboxylic acid groups (broad SMARTS) is 1. The number of thioether (sulfide) groups is 1. The molecular weight excluding hydrogens is 394 g/mol. The van der Waals surface area contributed by atoms with Gasteiger partial charge in [-0.25, -0.2) is 4.79 Å². The minimum absolute atomic E-state index is 0.0322. The second-order valence-corrected chi connectivity index (χ2v) is 8.42. The van der Waals surface area contributed by atoms with Crippen molar-refractivity contribution in [1.82, 2.24) is 10.2 Å². The number of aliphatic hydroxyl groups is 1. The summed E-state index contributed by atoms with van der Waals surface area (Å²) in [5.41, 5.74) is 1.94. The maximum atomic E-state index is 12.4. The van der Waals surface area contributed by atoms with Gasteiger partial charge in [0.2, 0.25) is 11.8 Å². The second-order valence-electron chi connectivity index (χ2n) is 7.34. The molecule has 0 saturated carbocycles. The minimum Gasteiger partial charge on any atom is -0.477 e. The van der Waals surface area contributed by atoms with E-state index in [0.717, 1.165) is 11.3 Å². The fourth-order valence-corrected chi connectivity index (χ4v) is 4.90. The van der Waals surface area contributed by atoms with Crippen molar-refractivity contribution in [2.45, 2.75) is 31.9 Å². The topological polar surface area (TPSA) is 119 Å². The van der Waals surface area contributed by atoms with Crippen molar-refractivity contribution in [3.8, 4) is 0 Å². The van der Waals surface area contributed by atoms with E-state index in [9.17, 15) is 24.6 Å². The number of amidine groups is 1. The predicted molar refractivity (Wildman–Crippen MR) is 108 cm³/mol. The number of rotatable bonds is 5. The second kappa shape index (κ2) is 7.64. The third-order valence-corrected chi connectivity index (χ3v) is 6.29. The van der Waals surface area contributed by atoms with Crippen LogP contribution < -0.4 is 5.32 Å². The van der Waals surface area contributed by atoms with Crippen LogP contribution in [0.15, 0.2) is 35.0 Å². The summed E-state index contributed by atoms with van der Waals surface area (Å²) in [6.45, 7) is 2.25. The Morgan fingerprint density at radius 3 is 2.86 bits per heavy atom. The van der Waals surface area contributed by atoms with Gasteiger partial charge in [0.1, 0.15) is 5.70 Å². The number of aliphatic carboxylic acids is 1. The molecule has 8 nitrogen and oxygen atoms in total. The molecule has 152 valence electrons. The first kappa shape index (κ1) is 19.7. The molecule has 9 heteroatoms. The Bertz CT molecular complexity index is 955. The molecule has 3 aliphatic rings. The van der Waals surface area contributed by atoms with E-state index in [0.29, 0.717) is 29.3 Å². The van der Waals surface area contributed by atoms with E-state index in [2.05, 4.69) is 10.3 Å². The van der Waals surface area contributed by atoms with E-state index in [4.69, 9.17) is 0 Å². The normalized spacial score (nSPS) is 24.1. The van der Waals surface area contributed by atoms with Crippen molar-refractivity contribution in [3.05, 3.63) is 41.1 Å². The molecule has 0 bridgehead atoms. The lowest BCUT2D eigenvalue weighted by Crippen LogP contribution is -2.61. The average Bonchev–Trinajstić information content (AvgIpc) is 3.27. The fraction of sp³-hybridized carbons (Fsp3) is 0.400. The molecule has 1 saturated heterocycles. The number of hydrogen-bond acceptors (Lipinski definition) is 6. The number of aliphatic imine (C=N–C) groups is 1. The Morgan fingerprint density at radius 1 is 1.41 bits per heavy atom. The van der Waals surface area contributed by atoms with Crippen LogP contribution in [0.4, 0.5) is 0 Å². The molecule has 3 N–H and O–H groups in total. The summed E-state index contributed by atoms with van der Waals surface area (Å²) in [7, 11) is 0. The van der Waals surface area contributed by atoms with Crippen LogP contribution in [-0.4, -0.2) is 62.5 Å². The molecule has 0 spiro atoms. The number of β-lactam (4-membered cyclic amide) rings is 1. The predicted octanol–water partition coefficient (Wildman–Crippen LogP) is 0.855. The maximum absolute atomic E-state index is 12.4. The molecule has 0 radical (unpaired) electrons. The number of aliphatic hydroxyl groups excluding tert-OH is 1. The summed E-state index contributed by atoms with van der Waals surface area (Å²) in [6.07, 6.45) is -0.318. The molecule has 3 aliphatic heterocycles. The molecule has 3 heterocycles. The molecule has 1 aromatic rings. The van der Waals surface area contributed by atoms with E-state index >= 15 is 0 Å². The Morgan fingerprint density at radius 2 is 2.21 bits per heavy atom. The van der Waals surface area contributed by atoms with Crippen LogP contribution >= 0.6 is 11.8 Å². The highest BCUT2D eigenvalue weighted by Crippen LogP contribution is 2.46. The molecule has 2 amide bonds. The largest absolute Gasteiger partial charge is 0.477 e. The van der Waals surface area contributed by atoms with Gasteiger partial charge in [-0.3, -0.25) is 14.6 Å². The third-order valence-electron chi connectivity index (χ3n) is 5.40. The van der Waals surface area contributed by atoms with Gasteiger partial charge in [-0.15, -0.1) is 0 Å². The molecule has 1 fully saturated rings. The Hall–Kier alpha value is -2.65. The van der Waals surface area contributed by atoms with Crippen molar-refractivity contribution in [2.24, 2.45) is 10.9 Å². The zero-order valence-corrected chi connectivity index (χ0v) is 16.6. The first-order valence-electron chi connectivity index (χ1n) is 9.41. The van der Waals surface area contributed by atoms with Gasteiger partial charge < -0.3 is 20.4 Å². The molecular formula is C20H21N3O5S. The number of benzene rings is 1. The highest BCUT2D eigenvalue weighted by Gasteiger charge is 2.56. The number of carboxylic acids is 1. The van der Waals surface area contributed by atoms with Gasteiger partial charge in [0.25, 0.3) is 0 Å². The smallest absolute Gasteiger partial charge is 0.352 e. The van der Waals surface area contributed by atoms with Crippen molar-refractivity contribution in [2.75, 3.05) is 12.3 Å². The van der Waals surface area contributed by atoms with Gasteiger partial charge in [-0.05, 0) is 30.0 Å². The number of carbonyl (C=O) groups excluding carboxylic acids is 2. The Kier molecular flexibility index (Phi) is 5.18. The maximum Gasteiger partial charge on any atom is 0.352 e. The van der Waals surface area contributed by atoms with Crippen LogP contribution in [0.3, 0.4) is 0 Å². The van der Waals surface area contributed by atoms with E-state index in [1.807, 2.05) is 0 Å². The van der Waals surface area contributed by atoms with Gasteiger partial charge in [-0.1, -0.05) is 36.0 Å². The molecule has 29 heavy (non-hydrogen) atoms. The van der Waals surface area contributed by atoms with Crippen LogP contribution in [0.2, 0.25) is 0 Å². The average molecular weight is 415 g/mol. The molecule has 3 atom stereocenters. The van der Waals surface area contributed by atoms with Crippen LogP contribution in [0.1, 0.15) is 24.5 Å². The first-order valence-corrected chi connectivity index (χ1v) is 10.4. The summed E-state index contributed by atoms with van der Waals surface area (Å²) in [4.78, 5) is 41.9. The van der Waals surface area contributed by atoms with Gasteiger partial charge in [0, 0.05) is 5.75 Å². The number of hydrogen-bond donors (Lipinski definition) is 3. The van der Waals surface area contributed by atoms with Crippen molar-refractivity contribution < 1.29 is 24.6 Å². The number of fused-ring (bicyclic) bond motifs is 1.